The van der Waals surface area contributed by atoms with E-state index in [0.29, 0.717) is 11.4 Å². The first-order chi connectivity index (χ1) is 10.1. The molecule has 1 aromatic heterocycles. The summed E-state index contributed by atoms with van der Waals surface area (Å²) in [7, 11) is 1.45. The first-order valence-corrected chi connectivity index (χ1v) is 6.20. The van der Waals surface area contributed by atoms with Crippen molar-refractivity contribution in [3.63, 3.8) is 0 Å². The van der Waals surface area contributed by atoms with Crippen LogP contribution in [0.5, 0.6) is 5.75 Å². The number of ether oxygens (including phenoxy) is 1. The van der Waals surface area contributed by atoms with Crippen LogP contribution in [0.1, 0.15) is 0 Å². The van der Waals surface area contributed by atoms with E-state index in [4.69, 9.17) is 4.74 Å². The van der Waals surface area contributed by atoms with Crippen molar-refractivity contribution in [3.8, 4) is 11.4 Å². The Bertz CT molecular complexity index is 944. The van der Waals surface area contributed by atoms with E-state index in [0.717, 1.165) is 10.6 Å². The summed E-state index contributed by atoms with van der Waals surface area (Å²) in [6, 6.07) is 10.3. The van der Waals surface area contributed by atoms with Crippen molar-refractivity contribution in [1.29, 1.82) is 0 Å². The van der Waals surface area contributed by atoms with Crippen LogP contribution < -0.4 is 16.0 Å². The van der Waals surface area contributed by atoms with Gasteiger partial charge in [0.15, 0.2) is 0 Å². The molecule has 0 atom stereocenters. The standard InChI is InChI=1S/C15H11FN2O3/c1-21-13-5-3-2-4-12(13)18-14(19)10-7-6-9(16)8-11(10)17-15(18)20/h2-8H,1H3,(H,17,20). The molecule has 0 saturated carbocycles. The molecule has 0 aliphatic rings. The molecule has 0 spiro atoms. The van der Waals surface area contributed by atoms with Crippen LogP contribution in [-0.2, 0) is 0 Å². The average Bonchev–Trinajstić information content (AvgIpc) is 2.47. The molecule has 0 bridgehead atoms. The number of benzene rings is 2. The zero-order valence-electron chi connectivity index (χ0n) is 11.1. The molecule has 3 rings (SSSR count). The lowest BCUT2D eigenvalue weighted by molar-refractivity contribution is 0.412. The molecule has 106 valence electrons. The van der Waals surface area contributed by atoms with Gasteiger partial charge in [0.1, 0.15) is 11.6 Å². The van der Waals surface area contributed by atoms with Crippen LogP contribution in [0.15, 0.2) is 52.1 Å². The average molecular weight is 286 g/mol. The molecule has 0 fully saturated rings. The van der Waals surface area contributed by atoms with E-state index in [1.165, 1.54) is 19.2 Å². The fraction of sp³-hybridized carbons (Fsp3) is 0.0667. The Hall–Kier alpha value is -2.89. The van der Waals surface area contributed by atoms with Crippen LogP contribution in [-0.4, -0.2) is 16.7 Å². The van der Waals surface area contributed by atoms with Gasteiger partial charge in [-0.25, -0.2) is 13.8 Å². The number of aromatic nitrogens is 2. The van der Waals surface area contributed by atoms with Gasteiger partial charge in [-0.15, -0.1) is 0 Å². The Morgan fingerprint density at radius 1 is 1.14 bits per heavy atom. The second-order valence-corrected chi connectivity index (χ2v) is 4.43. The number of fused-ring (bicyclic) bond motifs is 1. The van der Waals surface area contributed by atoms with Crippen molar-refractivity contribution in [2.45, 2.75) is 0 Å². The highest BCUT2D eigenvalue weighted by molar-refractivity contribution is 5.77. The highest BCUT2D eigenvalue weighted by Gasteiger charge is 2.13. The lowest BCUT2D eigenvalue weighted by Gasteiger charge is -2.10. The van der Waals surface area contributed by atoms with Crippen LogP contribution in [0.25, 0.3) is 16.6 Å². The number of nitrogens with one attached hydrogen (secondary N) is 1. The van der Waals surface area contributed by atoms with Gasteiger partial charge in [0.05, 0.1) is 23.7 Å². The third kappa shape index (κ3) is 2.10. The number of H-pyrrole nitrogens is 1. The lowest BCUT2D eigenvalue weighted by atomic mass is 10.2. The molecule has 5 nitrogen and oxygen atoms in total. The highest BCUT2D eigenvalue weighted by Crippen LogP contribution is 2.19. The Balaban J connectivity index is 2.41. The quantitative estimate of drug-likeness (QED) is 0.781. The van der Waals surface area contributed by atoms with Crippen molar-refractivity contribution in [2.24, 2.45) is 0 Å². The van der Waals surface area contributed by atoms with Gasteiger partial charge >= 0.3 is 5.69 Å². The van der Waals surface area contributed by atoms with Gasteiger partial charge in [-0.05, 0) is 30.3 Å². The Labute approximate surface area is 118 Å². The second-order valence-electron chi connectivity index (χ2n) is 4.43. The van der Waals surface area contributed by atoms with Gasteiger partial charge in [-0.3, -0.25) is 4.79 Å². The third-order valence-corrected chi connectivity index (χ3v) is 3.19. The zero-order valence-corrected chi connectivity index (χ0v) is 11.1. The number of rotatable bonds is 2. The molecule has 1 N–H and O–H groups in total. The van der Waals surface area contributed by atoms with Crippen LogP contribution in [0.4, 0.5) is 4.39 Å². The van der Waals surface area contributed by atoms with Crippen LogP contribution >= 0.6 is 0 Å². The number of aromatic amines is 1. The molecule has 21 heavy (non-hydrogen) atoms. The van der Waals surface area contributed by atoms with Gasteiger partial charge in [0.25, 0.3) is 5.56 Å². The highest BCUT2D eigenvalue weighted by atomic mass is 19.1. The van der Waals surface area contributed by atoms with Crippen molar-refractivity contribution < 1.29 is 9.13 Å². The van der Waals surface area contributed by atoms with E-state index in [1.54, 1.807) is 24.3 Å². The smallest absolute Gasteiger partial charge is 0.333 e. The lowest BCUT2D eigenvalue weighted by Crippen LogP contribution is -2.33. The van der Waals surface area contributed by atoms with Crippen molar-refractivity contribution >= 4 is 10.9 Å². The normalized spacial score (nSPS) is 10.8. The molecule has 2 aromatic carbocycles. The van der Waals surface area contributed by atoms with Crippen molar-refractivity contribution in [2.75, 3.05) is 7.11 Å². The monoisotopic (exact) mass is 286 g/mol. The minimum atomic E-state index is -0.650. The number of methoxy groups -OCH3 is 1. The molecule has 0 unspecified atom stereocenters. The molecule has 0 aliphatic carbocycles. The molecule has 0 aliphatic heterocycles. The Kier molecular flexibility index (Phi) is 3.06. The predicted molar refractivity (Wildman–Crippen MR) is 76.7 cm³/mol. The number of para-hydroxylation sites is 2. The van der Waals surface area contributed by atoms with Gasteiger partial charge in [-0.1, -0.05) is 12.1 Å². The minimum absolute atomic E-state index is 0.163. The van der Waals surface area contributed by atoms with E-state index in [2.05, 4.69) is 4.98 Å². The maximum atomic E-state index is 13.2. The molecule has 0 amide bonds. The molecule has 0 saturated heterocycles. The summed E-state index contributed by atoms with van der Waals surface area (Å²) in [4.78, 5) is 27.2. The Morgan fingerprint density at radius 2 is 1.90 bits per heavy atom. The summed E-state index contributed by atoms with van der Waals surface area (Å²) in [6.45, 7) is 0. The summed E-state index contributed by atoms with van der Waals surface area (Å²) in [5.74, 6) is -0.126. The van der Waals surface area contributed by atoms with Crippen molar-refractivity contribution in [3.05, 3.63) is 69.1 Å². The SMILES string of the molecule is COc1ccccc1-n1c(=O)[nH]c2cc(F)ccc2c1=O. The fourth-order valence-electron chi connectivity index (χ4n) is 2.22. The maximum absolute atomic E-state index is 13.2. The largest absolute Gasteiger partial charge is 0.495 e. The number of nitrogens with zero attached hydrogens (tertiary/aromatic N) is 1. The van der Waals surface area contributed by atoms with Gasteiger partial charge < -0.3 is 9.72 Å². The fourth-order valence-corrected chi connectivity index (χ4v) is 2.22. The predicted octanol–water partition coefficient (Wildman–Crippen LogP) is 1.83. The number of hydrogen-bond acceptors (Lipinski definition) is 3. The summed E-state index contributed by atoms with van der Waals surface area (Å²) in [5, 5.41) is 0.224. The zero-order chi connectivity index (χ0) is 15.0. The van der Waals surface area contributed by atoms with Gasteiger partial charge in [0.2, 0.25) is 0 Å². The molecule has 6 heteroatoms. The maximum Gasteiger partial charge on any atom is 0.333 e. The number of halogens is 1. The first kappa shape index (κ1) is 13.1. The van der Waals surface area contributed by atoms with E-state index in [1.807, 2.05) is 0 Å². The van der Waals surface area contributed by atoms with E-state index >= 15 is 0 Å². The van der Waals surface area contributed by atoms with Gasteiger partial charge in [-0.2, -0.15) is 0 Å². The second kappa shape index (κ2) is 4.90. The van der Waals surface area contributed by atoms with Crippen molar-refractivity contribution in [1.82, 2.24) is 9.55 Å². The molecule has 1 heterocycles. The van der Waals surface area contributed by atoms with Crippen LogP contribution in [0.2, 0.25) is 0 Å². The molecular weight excluding hydrogens is 275 g/mol. The first-order valence-electron chi connectivity index (χ1n) is 6.20. The molecular formula is C15H11FN2O3. The van der Waals surface area contributed by atoms with E-state index in [-0.39, 0.29) is 10.9 Å². The molecule has 0 radical (unpaired) electrons. The summed E-state index contributed by atoms with van der Waals surface area (Å²) in [6.07, 6.45) is 0. The number of hydrogen-bond donors (Lipinski definition) is 1. The van der Waals surface area contributed by atoms with Crippen LogP contribution in [0.3, 0.4) is 0 Å². The molecule has 3 aromatic rings. The minimum Gasteiger partial charge on any atom is -0.495 e. The third-order valence-electron chi connectivity index (χ3n) is 3.19. The Morgan fingerprint density at radius 3 is 2.67 bits per heavy atom. The van der Waals surface area contributed by atoms with E-state index < -0.39 is 17.1 Å². The summed E-state index contributed by atoms with van der Waals surface area (Å²) in [5.41, 5.74) is -0.686. The van der Waals surface area contributed by atoms with Gasteiger partial charge in [0, 0.05) is 0 Å². The summed E-state index contributed by atoms with van der Waals surface area (Å²) < 4.78 is 19.3. The van der Waals surface area contributed by atoms with E-state index in [9.17, 15) is 14.0 Å². The van der Waals surface area contributed by atoms with Crippen LogP contribution in [0, 0.1) is 5.82 Å². The topological polar surface area (TPSA) is 64.1 Å². The summed E-state index contributed by atoms with van der Waals surface area (Å²) >= 11 is 0.